The van der Waals surface area contributed by atoms with Crippen molar-refractivity contribution >= 4 is 23.3 Å². The molecule has 8 heteroatoms. The number of benzene rings is 1. The van der Waals surface area contributed by atoms with Gasteiger partial charge in [0.15, 0.2) is 16.7 Å². The zero-order valence-electron chi connectivity index (χ0n) is 18.6. The van der Waals surface area contributed by atoms with Gasteiger partial charge >= 0.3 is 0 Å². The third-order valence-electron chi connectivity index (χ3n) is 5.20. The quantitative estimate of drug-likeness (QED) is 0.378. The van der Waals surface area contributed by atoms with E-state index in [0.29, 0.717) is 41.5 Å². The Morgan fingerprint density at radius 1 is 1.19 bits per heavy atom. The van der Waals surface area contributed by atoms with Crippen LogP contribution in [-0.4, -0.2) is 50.3 Å². The predicted octanol–water partition coefficient (Wildman–Crippen LogP) is 4.03. The average Bonchev–Trinajstić information content (AvgIpc) is 3.25. The molecule has 0 saturated heterocycles. The van der Waals surface area contributed by atoms with Crippen LogP contribution in [0.3, 0.4) is 0 Å². The van der Waals surface area contributed by atoms with Gasteiger partial charge in [-0.25, -0.2) is 0 Å². The fraction of sp³-hybridized carbons (Fsp3) is 0.391. The van der Waals surface area contributed by atoms with Gasteiger partial charge < -0.3 is 14.3 Å². The van der Waals surface area contributed by atoms with Crippen molar-refractivity contribution in [1.82, 2.24) is 19.7 Å². The number of carbonyl (C=O) groups excluding carboxylic acids is 2. The van der Waals surface area contributed by atoms with Crippen LogP contribution in [0.5, 0.6) is 0 Å². The number of aryl methyl sites for hydroxylation is 1. The molecule has 0 fully saturated rings. The first kappa shape index (κ1) is 23.0. The molecule has 3 rings (SSSR count). The monoisotopic (exact) mass is 440 g/mol. The molecule has 1 atom stereocenters. The molecule has 0 aliphatic heterocycles. The number of ketones is 2. The van der Waals surface area contributed by atoms with Crippen LogP contribution in [-0.2, 0) is 17.7 Å². The Balaban J connectivity index is 1.83. The molecule has 2 aromatic heterocycles. The molecule has 164 valence electrons. The summed E-state index contributed by atoms with van der Waals surface area (Å²) in [5, 5.41) is 9.02. The number of nitrogens with one attached hydrogen (secondary N) is 1. The first-order valence-corrected chi connectivity index (χ1v) is 11.1. The number of aromatic amines is 1. The summed E-state index contributed by atoms with van der Waals surface area (Å²) in [6, 6.07) is 10.1. The van der Waals surface area contributed by atoms with E-state index in [9.17, 15) is 9.59 Å². The highest BCUT2D eigenvalue weighted by molar-refractivity contribution is 8.00. The number of Topliss-reactive ketones (excluding diaryl/α,β-unsaturated/α-hetero) is 2. The van der Waals surface area contributed by atoms with Crippen molar-refractivity contribution in [2.45, 2.75) is 51.1 Å². The number of nitrogens with zero attached hydrogens (tertiary/aromatic N) is 3. The first-order valence-electron chi connectivity index (χ1n) is 10.2. The molecule has 31 heavy (non-hydrogen) atoms. The van der Waals surface area contributed by atoms with Crippen LogP contribution in [0.15, 0.2) is 35.5 Å². The van der Waals surface area contributed by atoms with E-state index in [1.807, 2.05) is 43.5 Å². The highest BCUT2D eigenvalue weighted by atomic mass is 32.2. The number of carbonyl (C=O) groups is 2. The number of hydrogen-bond acceptors (Lipinski definition) is 6. The standard InChI is InChI=1S/C23H28N4O3S/c1-14-20(16(3)28)15(2)24-21(14)22(29)17(4)31-23-26-25-19(27(23)11-12-30-5)13-18-9-7-6-8-10-18/h6-10,17,24H,11-13H2,1-5H3. The van der Waals surface area contributed by atoms with Crippen molar-refractivity contribution in [3.8, 4) is 0 Å². The first-order chi connectivity index (χ1) is 14.8. The number of thioether (sulfide) groups is 1. The van der Waals surface area contributed by atoms with Crippen molar-refractivity contribution < 1.29 is 14.3 Å². The number of H-pyrrole nitrogens is 1. The van der Waals surface area contributed by atoms with E-state index >= 15 is 0 Å². The molecule has 0 saturated carbocycles. The van der Waals surface area contributed by atoms with Gasteiger partial charge in [-0.1, -0.05) is 42.1 Å². The van der Waals surface area contributed by atoms with Crippen LogP contribution >= 0.6 is 11.8 Å². The van der Waals surface area contributed by atoms with Gasteiger partial charge in [-0.05, 0) is 38.8 Å². The van der Waals surface area contributed by atoms with Crippen molar-refractivity contribution in [3.05, 3.63) is 64.2 Å². The lowest BCUT2D eigenvalue weighted by Gasteiger charge is -2.13. The fourth-order valence-corrected chi connectivity index (χ4v) is 4.61. The summed E-state index contributed by atoms with van der Waals surface area (Å²) in [6.07, 6.45) is 0.650. The molecule has 2 heterocycles. The van der Waals surface area contributed by atoms with Crippen LogP contribution in [0.1, 0.15) is 57.3 Å². The zero-order valence-corrected chi connectivity index (χ0v) is 19.4. The second-order valence-electron chi connectivity index (χ2n) is 7.51. The van der Waals surface area contributed by atoms with Gasteiger partial charge in [0.05, 0.1) is 17.6 Å². The van der Waals surface area contributed by atoms with Crippen molar-refractivity contribution in [3.63, 3.8) is 0 Å². The van der Waals surface area contributed by atoms with Gasteiger partial charge in [-0.3, -0.25) is 9.59 Å². The van der Waals surface area contributed by atoms with E-state index in [-0.39, 0.29) is 11.6 Å². The summed E-state index contributed by atoms with van der Waals surface area (Å²) in [7, 11) is 1.66. The Morgan fingerprint density at radius 2 is 1.90 bits per heavy atom. The van der Waals surface area contributed by atoms with Crippen LogP contribution in [0, 0.1) is 13.8 Å². The lowest BCUT2D eigenvalue weighted by atomic mass is 10.0. The third-order valence-corrected chi connectivity index (χ3v) is 6.29. The summed E-state index contributed by atoms with van der Waals surface area (Å²) in [5.74, 6) is 0.718. The van der Waals surface area contributed by atoms with E-state index in [1.165, 1.54) is 18.7 Å². The van der Waals surface area contributed by atoms with E-state index in [0.717, 1.165) is 17.1 Å². The van der Waals surface area contributed by atoms with E-state index in [1.54, 1.807) is 7.11 Å². The molecule has 0 spiro atoms. The number of ether oxygens (including phenoxy) is 1. The minimum Gasteiger partial charge on any atom is -0.383 e. The lowest BCUT2D eigenvalue weighted by molar-refractivity contribution is 0.0988. The molecular formula is C23H28N4O3S. The topological polar surface area (TPSA) is 89.9 Å². The molecule has 3 aromatic rings. The molecule has 0 amide bonds. The van der Waals surface area contributed by atoms with E-state index < -0.39 is 5.25 Å². The SMILES string of the molecule is COCCn1c(Cc2ccccc2)nnc1SC(C)C(=O)c1[nH]c(C)c(C(C)=O)c1C. The Bertz CT molecular complexity index is 1070. The molecule has 7 nitrogen and oxygen atoms in total. The summed E-state index contributed by atoms with van der Waals surface area (Å²) < 4.78 is 7.27. The van der Waals surface area contributed by atoms with E-state index in [4.69, 9.17) is 4.74 Å². The van der Waals surface area contributed by atoms with Crippen LogP contribution in [0.25, 0.3) is 0 Å². The second-order valence-corrected chi connectivity index (χ2v) is 8.82. The number of rotatable bonds is 10. The maximum atomic E-state index is 13.1. The van der Waals surface area contributed by atoms with Gasteiger partial charge in [0.2, 0.25) is 0 Å². The van der Waals surface area contributed by atoms with Gasteiger partial charge in [-0.2, -0.15) is 0 Å². The number of methoxy groups -OCH3 is 1. The minimum absolute atomic E-state index is 0.0459. The summed E-state index contributed by atoms with van der Waals surface area (Å²) in [5.41, 5.74) is 3.64. The van der Waals surface area contributed by atoms with Crippen molar-refractivity contribution in [1.29, 1.82) is 0 Å². The van der Waals surface area contributed by atoms with Gasteiger partial charge in [0.1, 0.15) is 5.82 Å². The molecule has 0 radical (unpaired) electrons. The largest absolute Gasteiger partial charge is 0.383 e. The third kappa shape index (κ3) is 5.14. The van der Waals surface area contributed by atoms with Crippen molar-refractivity contribution in [2.75, 3.05) is 13.7 Å². The smallest absolute Gasteiger partial charge is 0.192 e. The maximum Gasteiger partial charge on any atom is 0.192 e. The van der Waals surface area contributed by atoms with Crippen LogP contribution < -0.4 is 0 Å². The zero-order chi connectivity index (χ0) is 22.5. The average molecular weight is 441 g/mol. The van der Waals surface area contributed by atoms with Crippen LogP contribution in [0.4, 0.5) is 0 Å². The molecular weight excluding hydrogens is 412 g/mol. The number of hydrogen-bond donors (Lipinski definition) is 1. The maximum absolute atomic E-state index is 13.1. The molecule has 0 aliphatic carbocycles. The Kier molecular flexibility index (Phi) is 7.46. The summed E-state index contributed by atoms with van der Waals surface area (Å²) in [6.45, 7) is 8.11. The van der Waals surface area contributed by atoms with E-state index in [2.05, 4.69) is 27.3 Å². The van der Waals surface area contributed by atoms with Gasteiger partial charge in [0.25, 0.3) is 0 Å². The molecule has 0 bridgehead atoms. The normalized spacial score (nSPS) is 12.2. The molecule has 0 aliphatic rings. The lowest BCUT2D eigenvalue weighted by Crippen LogP contribution is -2.17. The fourth-order valence-electron chi connectivity index (χ4n) is 3.66. The predicted molar refractivity (Wildman–Crippen MR) is 121 cm³/mol. The van der Waals surface area contributed by atoms with Crippen LogP contribution in [0.2, 0.25) is 0 Å². The number of aromatic nitrogens is 4. The molecule has 1 aromatic carbocycles. The van der Waals surface area contributed by atoms with Crippen molar-refractivity contribution in [2.24, 2.45) is 0 Å². The Labute approximate surface area is 186 Å². The second kappa shape index (κ2) is 10.1. The summed E-state index contributed by atoms with van der Waals surface area (Å²) in [4.78, 5) is 28.1. The minimum atomic E-state index is -0.397. The highest BCUT2D eigenvalue weighted by Gasteiger charge is 2.26. The highest BCUT2D eigenvalue weighted by Crippen LogP contribution is 2.28. The van der Waals surface area contributed by atoms with Gasteiger partial charge in [-0.15, -0.1) is 10.2 Å². The Morgan fingerprint density at radius 3 is 2.52 bits per heavy atom. The van der Waals surface area contributed by atoms with Gasteiger partial charge in [0, 0.05) is 31.3 Å². The molecule has 1 N–H and O–H groups in total. The Hall–Kier alpha value is -2.71. The summed E-state index contributed by atoms with van der Waals surface area (Å²) >= 11 is 1.37. The molecule has 1 unspecified atom stereocenters.